The van der Waals surface area contributed by atoms with Crippen LogP contribution in [-0.2, 0) is 11.3 Å². The van der Waals surface area contributed by atoms with Crippen molar-refractivity contribution in [2.45, 2.75) is 25.6 Å². The number of quaternary nitrogens is 1. The SMILES string of the molecule is C[C@H]([NH2+][C@H](c1ccccc1)c1ccco1)C(=O)NCc1ccc2c(c1)OCO2. The first-order valence-electron chi connectivity index (χ1n) is 9.30. The highest BCUT2D eigenvalue weighted by molar-refractivity contribution is 5.79. The number of carbonyl (C=O) groups is 1. The fourth-order valence-corrected chi connectivity index (χ4v) is 3.28. The van der Waals surface area contributed by atoms with E-state index in [0.717, 1.165) is 22.6 Å². The Hall–Kier alpha value is -3.25. The summed E-state index contributed by atoms with van der Waals surface area (Å²) in [5.74, 6) is 2.24. The number of nitrogens with one attached hydrogen (secondary N) is 1. The molecular formula is C22H23N2O4+. The number of furan rings is 1. The van der Waals surface area contributed by atoms with Crippen LogP contribution in [0.15, 0.2) is 71.3 Å². The van der Waals surface area contributed by atoms with Crippen molar-refractivity contribution >= 4 is 5.91 Å². The molecule has 0 bridgehead atoms. The average Bonchev–Trinajstić information content (AvgIpc) is 3.42. The van der Waals surface area contributed by atoms with E-state index < -0.39 is 0 Å². The van der Waals surface area contributed by atoms with Crippen molar-refractivity contribution in [1.82, 2.24) is 5.32 Å². The Balaban J connectivity index is 1.40. The van der Waals surface area contributed by atoms with Crippen molar-refractivity contribution in [3.05, 3.63) is 83.8 Å². The fourth-order valence-electron chi connectivity index (χ4n) is 3.28. The van der Waals surface area contributed by atoms with Crippen LogP contribution in [0, 0.1) is 0 Å². The topological polar surface area (TPSA) is 77.3 Å². The summed E-state index contributed by atoms with van der Waals surface area (Å²) in [7, 11) is 0. The molecule has 6 nitrogen and oxygen atoms in total. The highest BCUT2D eigenvalue weighted by Crippen LogP contribution is 2.32. The number of fused-ring (bicyclic) bond motifs is 1. The minimum Gasteiger partial charge on any atom is -0.463 e. The van der Waals surface area contributed by atoms with Gasteiger partial charge < -0.3 is 24.5 Å². The molecule has 0 saturated carbocycles. The highest BCUT2D eigenvalue weighted by atomic mass is 16.7. The second kappa shape index (κ2) is 8.19. The maximum Gasteiger partial charge on any atom is 0.278 e. The molecule has 6 heteroatoms. The van der Waals surface area contributed by atoms with Gasteiger partial charge in [-0.25, -0.2) is 0 Å². The van der Waals surface area contributed by atoms with E-state index in [1.54, 1.807) is 6.26 Å². The molecule has 1 aliphatic rings. The van der Waals surface area contributed by atoms with Crippen LogP contribution in [0.4, 0.5) is 0 Å². The lowest BCUT2D eigenvalue weighted by Gasteiger charge is -2.18. The van der Waals surface area contributed by atoms with Gasteiger partial charge in [0.1, 0.15) is 0 Å². The van der Waals surface area contributed by atoms with Crippen LogP contribution in [0.2, 0.25) is 0 Å². The van der Waals surface area contributed by atoms with Crippen molar-refractivity contribution in [3.8, 4) is 11.5 Å². The zero-order valence-corrected chi connectivity index (χ0v) is 15.6. The fraction of sp³-hybridized carbons (Fsp3) is 0.227. The van der Waals surface area contributed by atoms with Crippen LogP contribution < -0.4 is 20.1 Å². The first-order chi connectivity index (χ1) is 13.7. The summed E-state index contributed by atoms with van der Waals surface area (Å²) in [5, 5.41) is 5.01. The Bertz CT molecular complexity index is 925. The van der Waals surface area contributed by atoms with Gasteiger partial charge in [-0.1, -0.05) is 36.4 Å². The highest BCUT2D eigenvalue weighted by Gasteiger charge is 2.26. The molecule has 0 saturated heterocycles. The molecule has 4 rings (SSSR count). The molecule has 2 atom stereocenters. The van der Waals surface area contributed by atoms with Gasteiger partial charge in [-0.3, -0.25) is 4.79 Å². The monoisotopic (exact) mass is 379 g/mol. The summed E-state index contributed by atoms with van der Waals surface area (Å²) in [6.07, 6.45) is 1.66. The summed E-state index contributed by atoms with van der Waals surface area (Å²) < 4.78 is 16.3. The quantitative estimate of drug-likeness (QED) is 0.661. The molecule has 2 aromatic carbocycles. The molecule has 0 radical (unpaired) electrons. The first-order valence-corrected chi connectivity index (χ1v) is 9.30. The number of nitrogens with two attached hydrogens (primary N) is 1. The van der Waals surface area contributed by atoms with Crippen LogP contribution in [0.1, 0.15) is 29.9 Å². The zero-order chi connectivity index (χ0) is 19.3. The molecule has 3 N–H and O–H groups in total. The molecule has 3 aromatic rings. The van der Waals surface area contributed by atoms with Gasteiger partial charge in [0.15, 0.2) is 29.3 Å². The summed E-state index contributed by atoms with van der Waals surface area (Å²) in [6, 6.07) is 19.2. The minimum absolute atomic E-state index is 0.0369. The molecule has 1 aromatic heterocycles. The number of ether oxygens (including phenoxy) is 2. The van der Waals surface area contributed by atoms with E-state index in [-0.39, 0.29) is 24.8 Å². The van der Waals surface area contributed by atoms with Crippen molar-refractivity contribution in [3.63, 3.8) is 0 Å². The van der Waals surface area contributed by atoms with Gasteiger partial charge in [-0.15, -0.1) is 0 Å². The van der Waals surface area contributed by atoms with E-state index in [1.807, 2.05) is 72.9 Å². The molecule has 0 fully saturated rings. The molecule has 0 aliphatic carbocycles. The van der Waals surface area contributed by atoms with Gasteiger partial charge >= 0.3 is 0 Å². The normalized spacial score (nSPS) is 14.5. The van der Waals surface area contributed by atoms with Crippen LogP contribution in [0.25, 0.3) is 0 Å². The molecule has 144 valence electrons. The summed E-state index contributed by atoms with van der Waals surface area (Å²) >= 11 is 0. The Morgan fingerprint density at radius 2 is 1.89 bits per heavy atom. The lowest BCUT2D eigenvalue weighted by atomic mass is 10.0. The van der Waals surface area contributed by atoms with E-state index in [4.69, 9.17) is 13.9 Å². The van der Waals surface area contributed by atoms with Gasteiger partial charge in [-0.2, -0.15) is 0 Å². The van der Waals surface area contributed by atoms with Crippen molar-refractivity contribution < 1.29 is 24.0 Å². The Kier molecular flexibility index (Phi) is 5.30. The van der Waals surface area contributed by atoms with Crippen LogP contribution in [0.3, 0.4) is 0 Å². The van der Waals surface area contributed by atoms with E-state index in [2.05, 4.69) is 5.32 Å². The maximum atomic E-state index is 12.7. The lowest BCUT2D eigenvalue weighted by Crippen LogP contribution is -2.92. The Labute approximate surface area is 163 Å². The second-order valence-electron chi connectivity index (χ2n) is 6.79. The Morgan fingerprint density at radius 1 is 1.07 bits per heavy atom. The summed E-state index contributed by atoms with van der Waals surface area (Å²) in [6.45, 7) is 2.57. The van der Waals surface area contributed by atoms with Gasteiger partial charge in [0.2, 0.25) is 6.79 Å². The van der Waals surface area contributed by atoms with Crippen molar-refractivity contribution in [2.75, 3.05) is 6.79 Å². The summed E-state index contributed by atoms with van der Waals surface area (Å²) in [5.41, 5.74) is 2.06. The van der Waals surface area contributed by atoms with Crippen molar-refractivity contribution in [2.24, 2.45) is 0 Å². The van der Waals surface area contributed by atoms with E-state index in [9.17, 15) is 4.79 Å². The van der Waals surface area contributed by atoms with E-state index in [0.29, 0.717) is 12.3 Å². The summed E-state index contributed by atoms with van der Waals surface area (Å²) in [4.78, 5) is 12.7. The molecular weight excluding hydrogens is 356 g/mol. The number of rotatable bonds is 7. The number of carbonyl (C=O) groups excluding carboxylic acids is 1. The predicted octanol–water partition coefficient (Wildman–Crippen LogP) is 2.37. The smallest absolute Gasteiger partial charge is 0.278 e. The van der Waals surface area contributed by atoms with Gasteiger partial charge in [0.05, 0.1) is 6.26 Å². The predicted molar refractivity (Wildman–Crippen MR) is 103 cm³/mol. The molecule has 0 spiro atoms. The van der Waals surface area contributed by atoms with Gasteiger partial charge in [0, 0.05) is 12.1 Å². The minimum atomic E-state index is -0.288. The maximum absolute atomic E-state index is 12.7. The van der Waals surface area contributed by atoms with Gasteiger partial charge in [-0.05, 0) is 36.8 Å². The largest absolute Gasteiger partial charge is 0.463 e. The molecule has 1 amide bonds. The number of hydrogen-bond donors (Lipinski definition) is 2. The second-order valence-corrected chi connectivity index (χ2v) is 6.79. The molecule has 0 unspecified atom stereocenters. The molecule has 28 heavy (non-hydrogen) atoms. The molecule has 1 aliphatic heterocycles. The van der Waals surface area contributed by atoms with Crippen LogP contribution in [0.5, 0.6) is 11.5 Å². The zero-order valence-electron chi connectivity index (χ0n) is 15.6. The number of hydrogen-bond acceptors (Lipinski definition) is 4. The third-order valence-electron chi connectivity index (χ3n) is 4.81. The van der Waals surface area contributed by atoms with Crippen LogP contribution in [-0.4, -0.2) is 18.7 Å². The van der Waals surface area contributed by atoms with Crippen LogP contribution >= 0.6 is 0 Å². The van der Waals surface area contributed by atoms with Crippen molar-refractivity contribution in [1.29, 1.82) is 0 Å². The number of amides is 1. The van der Waals surface area contributed by atoms with E-state index >= 15 is 0 Å². The molecule has 2 heterocycles. The third-order valence-corrected chi connectivity index (χ3v) is 4.81. The standard InChI is InChI=1S/C22H22N2O4/c1-15(22(25)23-13-16-9-10-18-20(12-16)28-14-27-18)24-21(19-8-5-11-26-19)17-6-3-2-4-7-17/h2-12,15,21,24H,13-14H2,1H3,(H,23,25)/p+1/t15-,21+/m0/s1. The lowest BCUT2D eigenvalue weighted by molar-refractivity contribution is -0.706. The third kappa shape index (κ3) is 4.02. The van der Waals surface area contributed by atoms with E-state index in [1.165, 1.54) is 0 Å². The number of benzene rings is 2. The Morgan fingerprint density at radius 3 is 2.68 bits per heavy atom. The first kappa shape index (κ1) is 18.1. The average molecular weight is 379 g/mol. The van der Waals surface area contributed by atoms with Gasteiger partial charge in [0.25, 0.3) is 5.91 Å².